The van der Waals surface area contributed by atoms with E-state index in [0.29, 0.717) is 22.1 Å². The summed E-state index contributed by atoms with van der Waals surface area (Å²) in [6.45, 7) is 0. The number of benzene rings is 3. The van der Waals surface area contributed by atoms with E-state index in [-0.39, 0.29) is 4.90 Å². The Morgan fingerprint density at radius 3 is 2.08 bits per heavy atom. The lowest BCUT2D eigenvalue weighted by Gasteiger charge is -2.14. The summed E-state index contributed by atoms with van der Waals surface area (Å²) in [5.74, 6) is 0.591. The van der Waals surface area contributed by atoms with Gasteiger partial charge < -0.3 is 10.1 Å². The smallest absolute Gasteiger partial charge is 0.261 e. The Kier molecular flexibility index (Phi) is 5.35. The standard InChI is InChI=1S/C19H17ClN2O3S/c1-25-16-10-12-17(13-11-16)26(23,24)22-19-5-3-2-4-18(19)21-15-8-6-14(20)7-9-15/h2-13,21-22H,1H3. The third kappa shape index (κ3) is 4.28. The van der Waals surface area contributed by atoms with Gasteiger partial charge in [0.05, 0.1) is 23.4 Å². The Balaban J connectivity index is 1.86. The molecule has 0 saturated carbocycles. The van der Waals surface area contributed by atoms with Crippen molar-refractivity contribution in [3.63, 3.8) is 0 Å². The number of hydrogen-bond acceptors (Lipinski definition) is 4. The van der Waals surface area contributed by atoms with Gasteiger partial charge in [-0.1, -0.05) is 23.7 Å². The van der Waals surface area contributed by atoms with Crippen molar-refractivity contribution in [2.75, 3.05) is 17.1 Å². The number of hydrogen-bond donors (Lipinski definition) is 2. The van der Waals surface area contributed by atoms with Crippen LogP contribution in [-0.2, 0) is 10.0 Å². The minimum atomic E-state index is -3.73. The highest BCUT2D eigenvalue weighted by Crippen LogP contribution is 2.28. The zero-order chi connectivity index (χ0) is 18.6. The zero-order valence-electron chi connectivity index (χ0n) is 13.9. The van der Waals surface area contributed by atoms with E-state index < -0.39 is 10.0 Å². The molecule has 0 aliphatic carbocycles. The molecule has 0 aliphatic heterocycles. The van der Waals surface area contributed by atoms with Gasteiger partial charge >= 0.3 is 0 Å². The van der Waals surface area contributed by atoms with Crippen LogP contribution in [0.2, 0.25) is 5.02 Å². The first-order valence-electron chi connectivity index (χ1n) is 7.76. The number of nitrogens with one attached hydrogen (secondary N) is 2. The molecule has 134 valence electrons. The lowest BCUT2D eigenvalue weighted by atomic mass is 10.2. The summed E-state index contributed by atoms with van der Waals surface area (Å²) < 4.78 is 33.0. The predicted octanol–water partition coefficient (Wildman–Crippen LogP) is 4.89. The number of halogens is 1. The van der Waals surface area contributed by atoms with Gasteiger partial charge in [-0.25, -0.2) is 8.42 Å². The Labute approximate surface area is 157 Å². The minimum absolute atomic E-state index is 0.152. The highest BCUT2D eigenvalue weighted by atomic mass is 35.5. The van der Waals surface area contributed by atoms with E-state index >= 15 is 0 Å². The number of sulfonamides is 1. The Morgan fingerprint density at radius 2 is 1.46 bits per heavy atom. The quantitative estimate of drug-likeness (QED) is 0.630. The van der Waals surface area contributed by atoms with Crippen molar-refractivity contribution >= 4 is 38.7 Å². The van der Waals surface area contributed by atoms with Crippen LogP contribution in [0.4, 0.5) is 17.1 Å². The van der Waals surface area contributed by atoms with E-state index in [1.54, 1.807) is 42.5 Å². The van der Waals surface area contributed by atoms with Crippen molar-refractivity contribution in [3.05, 3.63) is 77.8 Å². The van der Waals surface area contributed by atoms with Crippen LogP contribution in [-0.4, -0.2) is 15.5 Å². The molecule has 0 atom stereocenters. The van der Waals surface area contributed by atoms with E-state index in [4.69, 9.17) is 16.3 Å². The fourth-order valence-electron chi connectivity index (χ4n) is 2.33. The molecule has 0 aliphatic rings. The van der Waals surface area contributed by atoms with Gasteiger partial charge in [-0.15, -0.1) is 0 Å². The van der Waals surface area contributed by atoms with E-state index in [9.17, 15) is 8.42 Å². The maximum atomic E-state index is 12.7. The summed E-state index contributed by atoms with van der Waals surface area (Å²) in [6.07, 6.45) is 0. The molecule has 0 bridgehead atoms. The lowest BCUT2D eigenvalue weighted by molar-refractivity contribution is 0.414. The first-order valence-corrected chi connectivity index (χ1v) is 9.62. The minimum Gasteiger partial charge on any atom is -0.497 e. The van der Waals surface area contributed by atoms with Crippen molar-refractivity contribution in [2.45, 2.75) is 4.90 Å². The topological polar surface area (TPSA) is 67.4 Å². The van der Waals surface area contributed by atoms with E-state index in [0.717, 1.165) is 5.69 Å². The Morgan fingerprint density at radius 1 is 0.846 bits per heavy atom. The number of ether oxygens (including phenoxy) is 1. The summed E-state index contributed by atoms with van der Waals surface area (Å²) in [5, 5.41) is 3.82. The Hall–Kier alpha value is -2.70. The molecule has 7 heteroatoms. The maximum absolute atomic E-state index is 12.7. The monoisotopic (exact) mass is 388 g/mol. The summed E-state index contributed by atoms with van der Waals surface area (Å²) in [7, 11) is -2.20. The Bertz CT molecular complexity index is 988. The SMILES string of the molecule is COc1ccc(S(=O)(=O)Nc2ccccc2Nc2ccc(Cl)cc2)cc1. The molecular weight excluding hydrogens is 372 g/mol. The maximum Gasteiger partial charge on any atom is 0.261 e. The second-order valence-corrected chi connectivity index (χ2v) is 7.58. The van der Waals surface area contributed by atoms with Crippen LogP contribution in [0.5, 0.6) is 5.75 Å². The highest BCUT2D eigenvalue weighted by Gasteiger charge is 2.16. The van der Waals surface area contributed by atoms with E-state index in [2.05, 4.69) is 10.0 Å². The molecule has 5 nitrogen and oxygen atoms in total. The summed E-state index contributed by atoms with van der Waals surface area (Å²) >= 11 is 5.89. The third-order valence-electron chi connectivity index (χ3n) is 3.66. The fourth-order valence-corrected chi connectivity index (χ4v) is 3.53. The van der Waals surface area contributed by atoms with Crippen LogP contribution in [0.1, 0.15) is 0 Å². The van der Waals surface area contributed by atoms with Gasteiger partial charge in [0.2, 0.25) is 0 Å². The van der Waals surface area contributed by atoms with Crippen LogP contribution in [0.15, 0.2) is 77.7 Å². The number of rotatable bonds is 6. The molecule has 26 heavy (non-hydrogen) atoms. The van der Waals surface area contributed by atoms with Crippen molar-refractivity contribution in [1.82, 2.24) is 0 Å². The van der Waals surface area contributed by atoms with Crippen LogP contribution in [0.3, 0.4) is 0 Å². The molecule has 0 fully saturated rings. The van der Waals surface area contributed by atoms with Crippen molar-refractivity contribution in [1.29, 1.82) is 0 Å². The van der Waals surface area contributed by atoms with Crippen LogP contribution >= 0.6 is 11.6 Å². The summed E-state index contributed by atoms with van der Waals surface area (Å²) in [6, 6.07) is 20.4. The van der Waals surface area contributed by atoms with Gasteiger partial charge in [-0.2, -0.15) is 0 Å². The second kappa shape index (κ2) is 7.68. The molecule has 0 saturated heterocycles. The average Bonchev–Trinajstić information content (AvgIpc) is 2.65. The molecule has 0 radical (unpaired) electrons. The molecule has 3 aromatic carbocycles. The van der Waals surface area contributed by atoms with Crippen molar-refractivity contribution in [2.24, 2.45) is 0 Å². The first kappa shape index (κ1) is 18.1. The zero-order valence-corrected chi connectivity index (χ0v) is 15.5. The molecular formula is C19H17ClN2O3S. The first-order chi connectivity index (χ1) is 12.5. The average molecular weight is 389 g/mol. The lowest BCUT2D eigenvalue weighted by Crippen LogP contribution is -2.14. The highest BCUT2D eigenvalue weighted by molar-refractivity contribution is 7.92. The van der Waals surface area contributed by atoms with Crippen LogP contribution < -0.4 is 14.8 Å². The molecule has 0 spiro atoms. The predicted molar refractivity (Wildman–Crippen MR) is 105 cm³/mol. The van der Waals surface area contributed by atoms with Gasteiger partial charge in [0.1, 0.15) is 5.75 Å². The second-order valence-electron chi connectivity index (χ2n) is 5.46. The van der Waals surface area contributed by atoms with Gasteiger partial charge in [0, 0.05) is 10.7 Å². The molecule has 0 unspecified atom stereocenters. The van der Waals surface area contributed by atoms with Gasteiger partial charge in [0.15, 0.2) is 0 Å². The number of methoxy groups -OCH3 is 1. The van der Waals surface area contributed by atoms with Gasteiger partial charge in [-0.05, 0) is 60.7 Å². The molecule has 2 N–H and O–H groups in total. The van der Waals surface area contributed by atoms with Gasteiger partial charge in [0.25, 0.3) is 10.0 Å². The van der Waals surface area contributed by atoms with Gasteiger partial charge in [-0.3, -0.25) is 4.72 Å². The molecule has 0 amide bonds. The number of anilines is 3. The van der Waals surface area contributed by atoms with Crippen LogP contribution in [0, 0.1) is 0 Å². The molecule has 3 aromatic rings. The molecule has 0 aromatic heterocycles. The third-order valence-corrected chi connectivity index (χ3v) is 5.30. The van der Waals surface area contributed by atoms with Crippen LogP contribution in [0.25, 0.3) is 0 Å². The van der Waals surface area contributed by atoms with E-state index in [1.165, 1.54) is 19.2 Å². The van der Waals surface area contributed by atoms with E-state index in [1.807, 2.05) is 18.2 Å². The fraction of sp³-hybridized carbons (Fsp3) is 0.0526. The molecule has 3 rings (SSSR count). The number of para-hydroxylation sites is 2. The largest absolute Gasteiger partial charge is 0.497 e. The summed E-state index contributed by atoms with van der Waals surface area (Å²) in [5.41, 5.74) is 1.87. The molecule has 0 heterocycles. The normalized spacial score (nSPS) is 11.0. The van der Waals surface area contributed by atoms with Crippen molar-refractivity contribution < 1.29 is 13.2 Å². The summed E-state index contributed by atoms with van der Waals surface area (Å²) in [4.78, 5) is 0.152. The van der Waals surface area contributed by atoms with Crippen molar-refractivity contribution in [3.8, 4) is 5.75 Å².